The third-order valence-electron chi connectivity index (χ3n) is 5.70. The van der Waals surface area contributed by atoms with Crippen LogP contribution in [0.2, 0.25) is 0 Å². The Balaban J connectivity index is 1.40. The summed E-state index contributed by atoms with van der Waals surface area (Å²) in [6, 6.07) is 8.32. The Hall–Kier alpha value is -2.23. The maximum atomic E-state index is 9.14. The van der Waals surface area contributed by atoms with Crippen LogP contribution in [0.25, 0.3) is 10.9 Å². The van der Waals surface area contributed by atoms with Gasteiger partial charge < -0.3 is 9.64 Å². The van der Waals surface area contributed by atoms with Crippen LogP contribution in [0.1, 0.15) is 31.2 Å². The number of benzene rings is 1. The van der Waals surface area contributed by atoms with Gasteiger partial charge in [-0.25, -0.2) is 9.97 Å². The van der Waals surface area contributed by atoms with Crippen molar-refractivity contribution < 1.29 is 4.74 Å². The largest absolute Gasteiger partial charge is 0.474 e. The number of aromatic nitrogens is 2. The van der Waals surface area contributed by atoms with Gasteiger partial charge in [-0.1, -0.05) is 0 Å². The van der Waals surface area contributed by atoms with Gasteiger partial charge in [-0.15, -0.1) is 0 Å². The van der Waals surface area contributed by atoms with Gasteiger partial charge in [0.1, 0.15) is 12.4 Å². The summed E-state index contributed by atoms with van der Waals surface area (Å²) in [6.45, 7) is 4.70. The van der Waals surface area contributed by atoms with Gasteiger partial charge in [0.25, 0.3) is 0 Å². The number of likely N-dealkylation sites (N-methyl/N-ethyl adjacent to an activating group) is 1. The molecule has 2 fully saturated rings. The molecule has 2 aromatic rings. The summed E-state index contributed by atoms with van der Waals surface area (Å²) in [4.78, 5) is 13.7. The van der Waals surface area contributed by atoms with Crippen LogP contribution < -0.4 is 4.74 Å². The van der Waals surface area contributed by atoms with Crippen LogP contribution in [0, 0.1) is 11.3 Å². The van der Waals surface area contributed by atoms with Crippen molar-refractivity contribution >= 4 is 10.9 Å². The lowest BCUT2D eigenvalue weighted by Gasteiger charge is -2.41. The zero-order chi connectivity index (χ0) is 17.9. The molecule has 1 aromatic heterocycles. The molecule has 0 N–H and O–H groups in total. The van der Waals surface area contributed by atoms with E-state index in [0.29, 0.717) is 17.5 Å². The number of nitrogens with zero attached hydrogens (tertiary/aromatic N) is 5. The molecule has 0 atom stereocenters. The monoisotopic (exact) mass is 351 g/mol. The lowest BCUT2D eigenvalue weighted by atomic mass is 9.91. The number of piperazine rings is 1. The summed E-state index contributed by atoms with van der Waals surface area (Å²) in [7, 11) is 2.20. The van der Waals surface area contributed by atoms with E-state index in [1.54, 1.807) is 12.4 Å². The molecule has 1 aliphatic heterocycles. The minimum Gasteiger partial charge on any atom is -0.474 e. The molecule has 136 valence electrons. The van der Waals surface area contributed by atoms with E-state index in [4.69, 9.17) is 10.00 Å². The van der Waals surface area contributed by atoms with E-state index in [-0.39, 0.29) is 6.10 Å². The van der Waals surface area contributed by atoms with Gasteiger partial charge >= 0.3 is 0 Å². The van der Waals surface area contributed by atoms with Crippen molar-refractivity contribution in [3.63, 3.8) is 0 Å². The van der Waals surface area contributed by atoms with Gasteiger partial charge in [0.05, 0.1) is 22.5 Å². The molecule has 6 nitrogen and oxygen atoms in total. The van der Waals surface area contributed by atoms with E-state index < -0.39 is 0 Å². The van der Waals surface area contributed by atoms with Gasteiger partial charge in [0.2, 0.25) is 5.88 Å². The first-order valence-electron chi connectivity index (χ1n) is 9.47. The van der Waals surface area contributed by atoms with Crippen molar-refractivity contribution in [1.82, 2.24) is 19.8 Å². The van der Waals surface area contributed by atoms with Crippen molar-refractivity contribution in [3.8, 4) is 11.9 Å². The molecule has 0 radical (unpaired) electrons. The summed E-state index contributed by atoms with van der Waals surface area (Å²) in [5, 5.41) is 9.97. The highest BCUT2D eigenvalue weighted by Crippen LogP contribution is 2.29. The first-order valence-corrected chi connectivity index (χ1v) is 9.47. The topological polar surface area (TPSA) is 65.3 Å². The van der Waals surface area contributed by atoms with Crippen LogP contribution in [-0.2, 0) is 0 Å². The first kappa shape index (κ1) is 17.2. The summed E-state index contributed by atoms with van der Waals surface area (Å²) in [5.74, 6) is 0.607. The molecule has 0 bridgehead atoms. The molecule has 2 aliphatic rings. The number of hydrogen-bond donors (Lipinski definition) is 0. The summed E-state index contributed by atoms with van der Waals surface area (Å²) in [5.41, 5.74) is 1.43. The van der Waals surface area contributed by atoms with Crippen LogP contribution in [0.4, 0.5) is 0 Å². The molecule has 26 heavy (non-hydrogen) atoms. The summed E-state index contributed by atoms with van der Waals surface area (Å²) in [6.07, 6.45) is 6.21. The number of nitriles is 1. The van der Waals surface area contributed by atoms with Crippen LogP contribution in [0.5, 0.6) is 5.88 Å². The predicted octanol–water partition coefficient (Wildman–Crippen LogP) is 2.44. The maximum Gasteiger partial charge on any atom is 0.224 e. The highest BCUT2D eigenvalue weighted by Gasteiger charge is 2.28. The first-order chi connectivity index (χ1) is 12.7. The van der Waals surface area contributed by atoms with E-state index in [0.717, 1.165) is 23.7 Å². The van der Waals surface area contributed by atoms with Gasteiger partial charge in [-0.2, -0.15) is 5.26 Å². The SMILES string of the molecule is CN1CCN(C2CCC(Oc3ncnc4ccc(C#N)cc34)CC2)CC1. The fraction of sp³-hybridized carbons (Fsp3) is 0.550. The van der Waals surface area contributed by atoms with E-state index in [2.05, 4.69) is 32.9 Å². The lowest BCUT2D eigenvalue weighted by molar-refractivity contribution is 0.0576. The number of ether oxygens (including phenoxy) is 1. The molecule has 0 unspecified atom stereocenters. The van der Waals surface area contributed by atoms with Gasteiger partial charge in [-0.3, -0.25) is 4.90 Å². The van der Waals surface area contributed by atoms with Crippen LogP contribution in [-0.4, -0.2) is 65.1 Å². The van der Waals surface area contributed by atoms with E-state index in [9.17, 15) is 0 Å². The number of hydrogen-bond acceptors (Lipinski definition) is 6. The smallest absolute Gasteiger partial charge is 0.224 e. The van der Waals surface area contributed by atoms with Crippen LogP contribution in [0.3, 0.4) is 0 Å². The minimum atomic E-state index is 0.197. The zero-order valence-electron chi connectivity index (χ0n) is 15.3. The molecule has 6 heteroatoms. The van der Waals surface area contributed by atoms with Crippen molar-refractivity contribution in [2.75, 3.05) is 33.2 Å². The Kier molecular flexibility index (Phi) is 5.00. The molecular formula is C20H25N5O. The third kappa shape index (κ3) is 3.64. The molecular weight excluding hydrogens is 326 g/mol. The fourth-order valence-electron chi connectivity index (χ4n) is 4.07. The number of fused-ring (bicyclic) bond motifs is 1. The molecule has 1 saturated heterocycles. The average Bonchev–Trinajstić information content (AvgIpc) is 2.69. The van der Waals surface area contributed by atoms with Gasteiger partial charge in [-0.05, 0) is 50.9 Å². The third-order valence-corrected chi connectivity index (χ3v) is 5.70. The quantitative estimate of drug-likeness (QED) is 0.846. The summed E-state index contributed by atoms with van der Waals surface area (Å²) >= 11 is 0. The Morgan fingerprint density at radius 3 is 2.58 bits per heavy atom. The van der Waals surface area contributed by atoms with E-state index >= 15 is 0 Å². The average molecular weight is 351 g/mol. The molecule has 1 aliphatic carbocycles. The minimum absolute atomic E-state index is 0.197. The van der Waals surface area contributed by atoms with Gasteiger partial charge in [0.15, 0.2) is 0 Å². The second-order valence-corrected chi connectivity index (χ2v) is 7.41. The molecule has 0 spiro atoms. The maximum absolute atomic E-state index is 9.14. The van der Waals surface area contributed by atoms with Gasteiger partial charge in [0, 0.05) is 32.2 Å². The Morgan fingerprint density at radius 2 is 1.85 bits per heavy atom. The Bertz CT molecular complexity index is 801. The second-order valence-electron chi connectivity index (χ2n) is 7.41. The highest BCUT2D eigenvalue weighted by atomic mass is 16.5. The normalized spacial score (nSPS) is 25.1. The van der Waals surface area contributed by atoms with E-state index in [1.807, 2.05) is 12.1 Å². The molecule has 1 saturated carbocycles. The lowest BCUT2D eigenvalue weighted by Crippen LogP contribution is -2.50. The Labute approximate surface area is 154 Å². The standard InChI is InChI=1S/C20H25N5O/c1-24-8-10-25(11-9-24)16-3-5-17(6-4-16)26-20-18-12-15(13-21)2-7-19(18)22-14-23-20/h2,7,12,14,16-17H,3-6,8-11H2,1H3. The predicted molar refractivity (Wildman–Crippen MR) is 100.0 cm³/mol. The fourth-order valence-corrected chi connectivity index (χ4v) is 4.07. The number of rotatable bonds is 3. The zero-order valence-corrected chi connectivity index (χ0v) is 15.3. The Morgan fingerprint density at radius 1 is 1.08 bits per heavy atom. The van der Waals surface area contributed by atoms with Crippen LogP contribution >= 0.6 is 0 Å². The highest BCUT2D eigenvalue weighted by molar-refractivity contribution is 5.84. The molecule has 4 rings (SSSR count). The van der Waals surface area contributed by atoms with Crippen molar-refractivity contribution in [2.24, 2.45) is 0 Å². The van der Waals surface area contributed by atoms with Crippen molar-refractivity contribution in [2.45, 2.75) is 37.8 Å². The molecule has 1 aromatic carbocycles. The molecule has 0 amide bonds. The van der Waals surface area contributed by atoms with Crippen molar-refractivity contribution in [3.05, 3.63) is 30.1 Å². The van der Waals surface area contributed by atoms with Crippen LogP contribution in [0.15, 0.2) is 24.5 Å². The second kappa shape index (κ2) is 7.56. The van der Waals surface area contributed by atoms with Crippen molar-refractivity contribution in [1.29, 1.82) is 5.26 Å². The summed E-state index contributed by atoms with van der Waals surface area (Å²) < 4.78 is 6.23. The molecule has 2 heterocycles. The van der Waals surface area contributed by atoms with E-state index in [1.165, 1.54) is 39.0 Å².